The van der Waals surface area contributed by atoms with Gasteiger partial charge < -0.3 is 4.90 Å². The number of hydrogen-bond donors (Lipinski definition) is 0. The van der Waals surface area contributed by atoms with Gasteiger partial charge in [-0.25, -0.2) is 0 Å². The summed E-state index contributed by atoms with van der Waals surface area (Å²) in [5.74, 6) is 0. The van der Waals surface area contributed by atoms with Crippen molar-refractivity contribution < 1.29 is 0 Å². The van der Waals surface area contributed by atoms with Gasteiger partial charge in [0.2, 0.25) is 0 Å². The highest BCUT2D eigenvalue weighted by molar-refractivity contribution is 8.02. The Morgan fingerprint density at radius 2 is 2.17 bits per heavy atom. The van der Waals surface area contributed by atoms with Crippen LogP contribution in [0.1, 0.15) is 13.3 Å². The van der Waals surface area contributed by atoms with E-state index in [4.69, 9.17) is 0 Å². The first-order chi connectivity index (χ1) is 5.58. The number of allylic oxidation sites excluding steroid dienone is 1. The van der Waals surface area contributed by atoms with E-state index < -0.39 is 0 Å². The zero-order chi connectivity index (χ0) is 9.19. The highest BCUT2D eigenvalue weighted by atomic mass is 32.2. The molecule has 0 fully saturated rings. The number of hydrogen-bond acceptors (Lipinski definition) is 2. The fraction of sp³-hybridized carbons (Fsp3) is 0.600. The molecule has 0 aromatic heterocycles. The van der Waals surface area contributed by atoms with Crippen LogP contribution in [0.2, 0.25) is 0 Å². The first-order valence-electron chi connectivity index (χ1n) is 4.19. The molecule has 0 heterocycles. The number of likely N-dealkylation sites (N-methyl/N-ethyl adjacent to an activating group) is 1. The van der Waals surface area contributed by atoms with E-state index in [9.17, 15) is 0 Å². The second-order valence-electron chi connectivity index (χ2n) is 3.60. The Morgan fingerprint density at radius 3 is 2.50 bits per heavy atom. The van der Waals surface area contributed by atoms with Crippen molar-refractivity contribution in [3.63, 3.8) is 0 Å². The third-order valence-electron chi connectivity index (χ3n) is 2.58. The molecule has 0 saturated heterocycles. The van der Waals surface area contributed by atoms with Crippen LogP contribution in [-0.4, -0.2) is 30.8 Å². The second-order valence-corrected chi connectivity index (χ2v) is 4.48. The predicted octanol–water partition coefficient (Wildman–Crippen LogP) is 2.51. The van der Waals surface area contributed by atoms with Crippen molar-refractivity contribution in [2.45, 2.75) is 18.9 Å². The minimum atomic E-state index is 0.221. The number of nitrogens with zero attached hydrogens (tertiary/aromatic N) is 1. The topological polar surface area (TPSA) is 3.24 Å². The van der Waals surface area contributed by atoms with Gasteiger partial charge >= 0.3 is 0 Å². The van der Waals surface area contributed by atoms with Crippen LogP contribution in [-0.2, 0) is 0 Å². The van der Waals surface area contributed by atoms with Crippen molar-refractivity contribution >= 4 is 11.8 Å². The Kier molecular flexibility index (Phi) is 3.02. The highest BCUT2D eigenvalue weighted by Gasteiger charge is 2.24. The standard InChI is InChI=1S/C10H17NS/c1-10(11(2)3)7-5-9(12-4)6-8-10/h5-7H,8H2,1-4H3. The fourth-order valence-electron chi connectivity index (χ4n) is 1.19. The van der Waals surface area contributed by atoms with Crippen LogP contribution >= 0.6 is 11.8 Å². The zero-order valence-electron chi connectivity index (χ0n) is 8.29. The highest BCUT2D eigenvalue weighted by Crippen LogP contribution is 2.28. The molecule has 1 aliphatic carbocycles. The molecule has 0 aromatic rings. The maximum atomic E-state index is 2.31. The summed E-state index contributed by atoms with van der Waals surface area (Å²) in [5, 5.41) is 0. The van der Waals surface area contributed by atoms with Crippen LogP contribution < -0.4 is 0 Å². The number of rotatable bonds is 2. The van der Waals surface area contributed by atoms with Gasteiger partial charge in [-0.05, 0) is 33.7 Å². The molecule has 0 radical (unpaired) electrons. The lowest BCUT2D eigenvalue weighted by Gasteiger charge is -2.34. The van der Waals surface area contributed by atoms with Crippen molar-refractivity contribution in [2.75, 3.05) is 20.4 Å². The van der Waals surface area contributed by atoms with Crippen LogP contribution in [0.5, 0.6) is 0 Å². The average Bonchev–Trinajstić information content (AvgIpc) is 2.06. The Balaban J connectivity index is 2.70. The molecule has 1 aliphatic rings. The first kappa shape index (κ1) is 9.87. The minimum absolute atomic E-state index is 0.221. The molecule has 0 aromatic carbocycles. The molecule has 0 N–H and O–H groups in total. The summed E-state index contributed by atoms with van der Waals surface area (Å²) in [7, 11) is 4.25. The molecule has 0 saturated carbocycles. The summed E-state index contributed by atoms with van der Waals surface area (Å²) in [5.41, 5.74) is 0.221. The second kappa shape index (κ2) is 3.67. The van der Waals surface area contributed by atoms with Gasteiger partial charge in [0.15, 0.2) is 0 Å². The summed E-state index contributed by atoms with van der Waals surface area (Å²) in [6.45, 7) is 2.26. The molecule has 1 nitrogen and oxygen atoms in total. The SMILES string of the molecule is CSC1=CCC(C)(N(C)C)C=C1. The van der Waals surface area contributed by atoms with E-state index in [2.05, 4.69) is 50.4 Å². The maximum absolute atomic E-state index is 2.31. The largest absolute Gasteiger partial charge is 0.300 e. The van der Waals surface area contributed by atoms with Crippen molar-refractivity contribution in [3.8, 4) is 0 Å². The zero-order valence-corrected chi connectivity index (χ0v) is 9.11. The smallest absolute Gasteiger partial charge is 0.0395 e. The molecular weight excluding hydrogens is 166 g/mol. The van der Waals surface area contributed by atoms with E-state index in [1.165, 1.54) is 4.91 Å². The first-order valence-corrected chi connectivity index (χ1v) is 5.42. The molecule has 2 heteroatoms. The van der Waals surface area contributed by atoms with Crippen molar-refractivity contribution in [1.29, 1.82) is 0 Å². The quantitative estimate of drug-likeness (QED) is 0.647. The van der Waals surface area contributed by atoms with Crippen molar-refractivity contribution in [2.24, 2.45) is 0 Å². The maximum Gasteiger partial charge on any atom is 0.0395 e. The van der Waals surface area contributed by atoms with E-state index in [0.717, 1.165) is 6.42 Å². The summed E-state index contributed by atoms with van der Waals surface area (Å²) in [4.78, 5) is 3.64. The van der Waals surface area contributed by atoms with Crippen LogP contribution in [0.15, 0.2) is 23.1 Å². The normalized spacial score (nSPS) is 29.2. The molecule has 1 unspecified atom stereocenters. The fourth-order valence-corrected chi connectivity index (χ4v) is 1.64. The Hall–Kier alpha value is -0.210. The van der Waals surface area contributed by atoms with Crippen molar-refractivity contribution in [3.05, 3.63) is 23.1 Å². The predicted molar refractivity (Wildman–Crippen MR) is 57.4 cm³/mol. The Morgan fingerprint density at radius 1 is 1.50 bits per heavy atom. The molecular formula is C10H17NS. The molecule has 12 heavy (non-hydrogen) atoms. The van der Waals surface area contributed by atoms with Gasteiger partial charge in [-0.2, -0.15) is 0 Å². The molecule has 0 amide bonds. The molecule has 0 aliphatic heterocycles. The summed E-state index contributed by atoms with van der Waals surface area (Å²) < 4.78 is 0. The summed E-state index contributed by atoms with van der Waals surface area (Å²) >= 11 is 1.81. The summed E-state index contributed by atoms with van der Waals surface area (Å²) in [6.07, 6.45) is 10.1. The van der Waals surface area contributed by atoms with E-state index in [0.29, 0.717) is 0 Å². The van der Waals surface area contributed by atoms with Gasteiger partial charge in [0, 0.05) is 10.4 Å². The van der Waals surface area contributed by atoms with Gasteiger partial charge in [0.05, 0.1) is 0 Å². The third kappa shape index (κ3) is 1.93. The van der Waals surface area contributed by atoms with Gasteiger partial charge in [-0.1, -0.05) is 18.2 Å². The molecule has 1 atom stereocenters. The van der Waals surface area contributed by atoms with Crippen LogP contribution in [0.25, 0.3) is 0 Å². The van der Waals surface area contributed by atoms with Gasteiger partial charge in [0.25, 0.3) is 0 Å². The van der Waals surface area contributed by atoms with Gasteiger partial charge in [-0.3, -0.25) is 0 Å². The molecule has 0 spiro atoms. The van der Waals surface area contributed by atoms with Crippen LogP contribution in [0.4, 0.5) is 0 Å². The monoisotopic (exact) mass is 183 g/mol. The summed E-state index contributed by atoms with van der Waals surface area (Å²) in [6, 6.07) is 0. The van der Waals surface area contributed by atoms with E-state index >= 15 is 0 Å². The van der Waals surface area contributed by atoms with E-state index in [1.807, 2.05) is 11.8 Å². The van der Waals surface area contributed by atoms with Crippen LogP contribution in [0, 0.1) is 0 Å². The van der Waals surface area contributed by atoms with Gasteiger partial charge in [-0.15, -0.1) is 11.8 Å². The van der Waals surface area contributed by atoms with Crippen LogP contribution in [0.3, 0.4) is 0 Å². The molecule has 1 rings (SSSR count). The molecule has 68 valence electrons. The Labute approximate surface area is 79.5 Å². The lowest BCUT2D eigenvalue weighted by molar-refractivity contribution is 0.230. The van der Waals surface area contributed by atoms with E-state index in [-0.39, 0.29) is 5.54 Å². The Bertz CT molecular complexity index is 218. The van der Waals surface area contributed by atoms with Crippen molar-refractivity contribution in [1.82, 2.24) is 4.90 Å². The average molecular weight is 183 g/mol. The lowest BCUT2D eigenvalue weighted by Crippen LogP contribution is -2.39. The van der Waals surface area contributed by atoms with E-state index in [1.54, 1.807) is 0 Å². The third-order valence-corrected chi connectivity index (χ3v) is 3.35. The minimum Gasteiger partial charge on any atom is -0.300 e. The van der Waals surface area contributed by atoms with Gasteiger partial charge in [0.1, 0.15) is 0 Å². The lowest BCUT2D eigenvalue weighted by atomic mass is 9.92. The molecule has 0 bridgehead atoms. The number of thioether (sulfide) groups is 1.